The van der Waals surface area contributed by atoms with Gasteiger partial charge in [0.1, 0.15) is 0 Å². The van der Waals surface area contributed by atoms with Crippen LogP contribution in [0.5, 0.6) is 0 Å². The van der Waals surface area contributed by atoms with Crippen LogP contribution in [-0.4, -0.2) is 31.4 Å². The first kappa shape index (κ1) is 17.3. The highest BCUT2D eigenvalue weighted by atomic mass is 16.2. The van der Waals surface area contributed by atoms with Gasteiger partial charge in [-0.15, -0.1) is 0 Å². The van der Waals surface area contributed by atoms with Crippen molar-refractivity contribution in [3.8, 4) is 0 Å². The van der Waals surface area contributed by atoms with Gasteiger partial charge in [-0.1, -0.05) is 13.8 Å². The molecule has 1 heterocycles. The molecule has 23 heavy (non-hydrogen) atoms. The zero-order chi connectivity index (χ0) is 16.7. The van der Waals surface area contributed by atoms with Gasteiger partial charge in [0.15, 0.2) is 0 Å². The second-order valence-electron chi connectivity index (χ2n) is 6.02. The number of carbonyl (C=O) groups excluding carboxylic acids is 2. The highest BCUT2D eigenvalue weighted by Crippen LogP contribution is 2.21. The maximum Gasteiger partial charge on any atom is 0.243 e. The molecule has 0 bridgehead atoms. The fourth-order valence-corrected chi connectivity index (χ4v) is 2.91. The van der Waals surface area contributed by atoms with E-state index in [9.17, 15) is 9.59 Å². The quantitative estimate of drug-likeness (QED) is 0.813. The highest BCUT2D eigenvalue weighted by Gasteiger charge is 2.15. The first-order valence-electron chi connectivity index (χ1n) is 8.56. The van der Waals surface area contributed by atoms with Crippen molar-refractivity contribution < 1.29 is 9.59 Å². The van der Waals surface area contributed by atoms with E-state index in [1.54, 1.807) is 0 Å². The summed E-state index contributed by atoms with van der Waals surface area (Å²) in [6.45, 7) is 6.19. The van der Waals surface area contributed by atoms with Crippen LogP contribution in [0.2, 0.25) is 0 Å². The number of carbonyl (C=O) groups is 2. The van der Waals surface area contributed by atoms with E-state index in [0.717, 1.165) is 31.6 Å². The molecule has 1 fully saturated rings. The first-order chi connectivity index (χ1) is 11.1. The lowest BCUT2D eigenvalue weighted by Crippen LogP contribution is -2.36. The van der Waals surface area contributed by atoms with Gasteiger partial charge in [0.25, 0.3) is 0 Å². The van der Waals surface area contributed by atoms with Gasteiger partial charge in [0, 0.05) is 30.4 Å². The van der Waals surface area contributed by atoms with E-state index < -0.39 is 0 Å². The molecule has 1 saturated heterocycles. The zero-order valence-electron chi connectivity index (χ0n) is 14.1. The van der Waals surface area contributed by atoms with E-state index in [1.807, 2.05) is 38.1 Å². The molecule has 0 aromatic heterocycles. The molecule has 1 aromatic rings. The zero-order valence-corrected chi connectivity index (χ0v) is 14.1. The molecule has 0 aliphatic carbocycles. The van der Waals surface area contributed by atoms with Crippen LogP contribution in [0.4, 0.5) is 11.4 Å². The van der Waals surface area contributed by atoms with Crippen molar-refractivity contribution >= 4 is 23.2 Å². The molecule has 2 rings (SSSR count). The van der Waals surface area contributed by atoms with Gasteiger partial charge in [0.2, 0.25) is 11.8 Å². The summed E-state index contributed by atoms with van der Waals surface area (Å²) < 4.78 is 0. The van der Waals surface area contributed by atoms with Crippen molar-refractivity contribution in [1.29, 1.82) is 0 Å². The Kier molecular flexibility index (Phi) is 6.44. The SMILES string of the molecule is CCC(CC)C(=O)NCC(=O)Nc1ccc(N2CCCC2)cc1. The number of hydrogen-bond donors (Lipinski definition) is 2. The smallest absolute Gasteiger partial charge is 0.243 e. The second-order valence-corrected chi connectivity index (χ2v) is 6.02. The average Bonchev–Trinajstić information content (AvgIpc) is 3.09. The number of hydrogen-bond acceptors (Lipinski definition) is 3. The fraction of sp³-hybridized carbons (Fsp3) is 0.556. The Labute approximate surface area is 138 Å². The lowest BCUT2D eigenvalue weighted by atomic mass is 10.0. The molecular formula is C18H27N3O2. The largest absolute Gasteiger partial charge is 0.372 e. The summed E-state index contributed by atoms with van der Waals surface area (Å²) in [5.74, 6) is -0.254. The van der Waals surface area contributed by atoms with Gasteiger partial charge in [-0.25, -0.2) is 0 Å². The molecular weight excluding hydrogens is 290 g/mol. The Hall–Kier alpha value is -2.04. The van der Waals surface area contributed by atoms with Crippen LogP contribution in [-0.2, 0) is 9.59 Å². The van der Waals surface area contributed by atoms with E-state index >= 15 is 0 Å². The molecule has 0 unspecified atom stereocenters. The standard InChI is InChI=1S/C18H27N3O2/c1-3-14(4-2)18(23)19-13-17(22)20-15-7-9-16(10-8-15)21-11-5-6-12-21/h7-10,14H,3-6,11-13H2,1-2H3,(H,19,23)(H,20,22). The number of benzene rings is 1. The summed E-state index contributed by atoms with van der Waals surface area (Å²) in [4.78, 5) is 26.1. The minimum atomic E-state index is -0.196. The van der Waals surface area contributed by atoms with Crippen LogP contribution >= 0.6 is 0 Å². The van der Waals surface area contributed by atoms with Crippen LogP contribution in [0.15, 0.2) is 24.3 Å². The molecule has 1 aromatic carbocycles. The summed E-state index contributed by atoms with van der Waals surface area (Å²) in [7, 11) is 0. The van der Waals surface area contributed by atoms with Gasteiger partial charge in [0.05, 0.1) is 6.54 Å². The van der Waals surface area contributed by atoms with E-state index in [1.165, 1.54) is 18.5 Å². The third-order valence-corrected chi connectivity index (χ3v) is 4.40. The van der Waals surface area contributed by atoms with Gasteiger partial charge in [-0.3, -0.25) is 9.59 Å². The Bertz CT molecular complexity index is 518. The van der Waals surface area contributed by atoms with E-state index in [-0.39, 0.29) is 24.3 Å². The number of nitrogens with one attached hydrogen (secondary N) is 2. The normalized spacial score (nSPS) is 14.1. The topological polar surface area (TPSA) is 61.4 Å². The van der Waals surface area contributed by atoms with Crippen molar-refractivity contribution in [1.82, 2.24) is 5.32 Å². The Morgan fingerprint density at radius 3 is 2.26 bits per heavy atom. The number of nitrogens with zero attached hydrogens (tertiary/aromatic N) is 1. The van der Waals surface area contributed by atoms with Crippen molar-refractivity contribution in [2.45, 2.75) is 39.5 Å². The van der Waals surface area contributed by atoms with Gasteiger partial charge in [-0.2, -0.15) is 0 Å². The van der Waals surface area contributed by atoms with E-state index in [0.29, 0.717) is 0 Å². The molecule has 1 aliphatic rings. The molecule has 0 saturated carbocycles. The monoisotopic (exact) mass is 317 g/mol. The molecule has 5 heteroatoms. The minimum absolute atomic E-state index is 0.0115. The summed E-state index contributed by atoms with van der Waals surface area (Å²) in [6.07, 6.45) is 4.08. The molecule has 2 amide bonds. The minimum Gasteiger partial charge on any atom is -0.372 e. The Balaban J connectivity index is 1.79. The number of amides is 2. The molecule has 1 aliphatic heterocycles. The number of anilines is 2. The van der Waals surface area contributed by atoms with Gasteiger partial charge >= 0.3 is 0 Å². The average molecular weight is 317 g/mol. The van der Waals surface area contributed by atoms with E-state index in [2.05, 4.69) is 15.5 Å². The molecule has 5 nitrogen and oxygen atoms in total. The third-order valence-electron chi connectivity index (χ3n) is 4.40. The van der Waals surface area contributed by atoms with Gasteiger partial charge < -0.3 is 15.5 Å². The van der Waals surface area contributed by atoms with Gasteiger partial charge in [-0.05, 0) is 49.9 Å². The summed E-state index contributed by atoms with van der Waals surface area (Å²) in [6, 6.07) is 7.88. The maximum absolute atomic E-state index is 11.9. The molecule has 0 atom stereocenters. The van der Waals surface area contributed by atoms with Crippen molar-refractivity contribution in [3.63, 3.8) is 0 Å². The van der Waals surface area contributed by atoms with Crippen LogP contribution in [0.1, 0.15) is 39.5 Å². The first-order valence-corrected chi connectivity index (χ1v) is 8.56. The summed E-state index contributed by atoms with van der Waals surface area (Å²) in [5.41, 5.74) is 1.96. The van der Waals surface area contributed by atoms with Crippen LogP contribution in [0, 0.1) is 5.92 Å². The molecule has 126 valence electrons. The molecule has 0 radical (unpaired) electrons. The summed E-state index contributed by atoms with van der Waals surface area (Å²) in [5, 5.41) is 5.52. The third kappa shape index (κ3) is 4.98. The Morgan fingerprint density at radius 1 is 1.09 bits per heavy atom. The number of rotatable bonds is 7. The lowest BCUT2D eigenvalue weighted by Gasteiger charge is -2.18. The predicted molar refractivity (Wildman–Crippen MR) is 93.6 cm³/mol. The fourth-order valence-electron chi connectivity index (χ4n) is 2.91. The van der Waals surface area contributed by atoms with Crippen LogP contribution in [0.3, 0.4) is 0 Å². The Morgan fingerprint density at radius 2 is 1.70 bits per heavy atom. The van der Waals surface area contributed by atoms with Crippen molar-refractivity contribution in [2.24, 2.45) is 5.92 Å². The van der Waals surface area contributed by atoms with Crippen LogP contribution in [0.25, 0.3) is 0 Å². The van der Waals surface area contributed by atoms with Crippen molar-refractivity contribution in [2.75, 3.05) is 29.9 Å². The molecule has 2 N–H and O–H groups in total. The van der Waals surface area contributed by atoms with Crippen molar-refractivity contribution in [3.05, 3.63) is 24.3 Å². The van der Waals surface area contributed by atoms with Crippen LogP contribution < -0.4 is 15.5 Å². The predicted octanol–water partition coefficient (Wildman–Crippen LogP) is 2.78. The summed E-state index contributed by atoms with van der Waals surface area (Å²) >= 11 is 0. The maximum atomic E-state index is 11.9. The second kappa shape index (κ2) is 8.56. The van der Waals surface area contributed by atoms with E-state index in [4.69, 9.17) is 0 Å². The lowest BCUT2D eigenvalue weighted by molar-refractivity contribution is -0.127. The highest BCUT2D eigenvalue weighted by molar-refractivity contribution is 5.94. The molecule has 0 spiro atoms.